The van der Waals surface area contributed by atoms with E-state index in [1.807, 2.05) is 0 Å². The molecule has 1 fully saturated rings. The van der Waals surface area contributed by atoms with Crippen molar-refractivity contribution < 1.29 is 22.8 Å². The van der Waals surface area contributed by atoms with Crippen LogP contribution in [-0.2, 0) is 13.7 Å². The first-order valence-electron chi connectivity index (χ1n) is 3.77. The van der Waals surface area contributed by atoms with Crippen LogP contribution in [0, 0.1) is 0 Å². The second kappa shape index (κ2) is 4.10. The Bertz CT molecular complexity index is 225. The molecule has 1 unspecified atom stereocenters. The average molecular weight is 208 g/mol. The van der Waals surface area contributed by atoms with Crippen LogP contribution in [0.3, 0.4) is 0 Å². The quantitative estimate of drug-likeness (QED) is 0.526. The van der Waals surface area contributed by atoms with E-state index in [9.17, 15) is 4.79 Å². The van der Waals surface area contributed by atoms with Gasteiger partial charge < -0.3 is 13.8 Å². The molecule has 0 aromatic rings. The van der Waals surface area contributed by atoms with Crippen molar-refractivity contribution in [3.05, 3.63) is 12.2 Å². The molecule has 76 valence electrons. The van der Waals surface area contributed by atoms with Gasteiger partial charge in [0.2, 0.25) is 0 Å². The summed E-state index contributed by atoms with van der Waals surface area (Å²) >= 11 is 0. The minimum absolute atomic E-state index is 0.0315. The topological polar surface area (TPSA) is 76.0 Å². The third-order valence-corrected chi connectivity index (χ3v) is 2.75. The molecule has 6 heteroatoms. The van der Waals surface area contributed by atoms with Gasteiger partial charge in [0.05, 0.1) is 16.6 Å². The van der Waals surface area contributed by atoms with Gasteiger partial charge in [0.15, 0.2) is 0 Å². The summed E-state index contributed by atoms with van der Waals surface area (Å²) in [6, 6.07) is 0. The fourth-order valence-electron chi connectivity index (χ4n) is 0.931. The van der Waals surface area contributed by atoms with Gasteiger partial charge in [0, 0.05) is 6.08 Å². The van der Waals surface area contributed by atoms with E-state index < -0.39 is 22.9 Å². The number of hydrogen-bond donors (Lipinski definition) is 2. The van der Waals surface area contributed by atoms with E-state index in [2.05, 4.69) is 4.18 Å². The molecule has 0 aromatic heterocycles. The molecule has 1 atom stereocenters. The van der Waals surface area contributed by atoms with E-state index in [0.29, 0.717) is 0 Å². The molecule has 13 heavy (non-hydrogen) atoms. The Morgan fingerprint density at radius 3 is 2.85 bits per heavy atom. The highest BCUT2D eigenvalue weighted by atomic mass is 32.3. The van der Waals surface area contributed by atoms with Gasteiger partial charge in [-0.05, 0) is 6.92 Å². The zero-order chi connectivity index (χ0) is 9.90. The lowest BCUT2D eigenvalue weighted by Gasteiger charge is -2.17. The van der Waals surface area contributed by atoms with Crippen molar-refractivity contribution in [2.24, 2.45) is 0 Å². The maximum atomic E-state index is 10.9. The van der Waals surface area contributed by atoms with Crippen molar-refractivity contribution in [2.45, 2.75) is 13.0 Å². The highest BCUT2D eigenvalue weighted by Gasteiger charge is 2.34. The smallest absolute Gasteiger partial charge is 0.330 e. The Morgan fingerprint density at radius 1 is 1.69 bits per heavy atom. The summed E-state index contributed by atoms with van der Waals surface area (Å²) in [5.74, 6) is -0.524. The van der Waals surface area contributed by atoms with Gasteiger partial charge in [-0.25, -0.2) is 4.79 Å². The Balaban J connectivity index is 2.36. The second-order valence-electron chi connectivity index (χ2n) is 2.62. The molecule has 0 aliphatic carbocycles. The highest BCUT2D eigenvalue weighted by Crippen LogP contribution is 2.45. The van der Waals surface area contributed by atoms with Crippen LogP contribution < -0.4 is 0 Å². The third-order valence-electron chi connectivity index (χ3n) is 1.43. The maximum Gasteiger partial charge on any atom is 0.330 e. The van der Waals surface area contributed by atoms with Gasteiger partial charge in [0.25, 0.3) is 0 Å². The molecule has 1 saturated heterocycles. The van der Waals surface area contributed by atoms with Gasteiger partial charge >= 0.3 is 5.97 Å². The van der Waals surface area contributed by atoms with Crippen molar-refractivity contribution >= 4 is 16.8 Å². The Kier molecular flexibility index (Phi) is 3.32. The number of ether oxygens (including phenoxy) is 1. The predicted octanol–water partition coefficient (Wildman–Crippen LogP) is 1.17. The molecular formula is C7H12O5S. The summed E-state index contributed by atoms with van der Waals surface area (Å²) in [5, 5.41) is 0. The van der Waals surface area contributed by atoms with E-state index in [-0.39, 0.29) is 12.4 Å². The van der Waals surface area contributed by atoms with Crippen LogP contribution in [0.4, 0.5) is 0 Å². The van der Waals surface area contributed by atoms with Crippen LogP contribution in [0.1, 0.15) is 6.92 Å². The standard InChI is InChI=1S/C7H12O5S/c1-2-3-7(8)12-6-4-11-13(9,10)5-6/h2-3,6,9-10H,4-5H2,1H3. The fraction of sp³-hybridized carbons (Fsp3) is 0.571. The van der Waals surface area contributed by atoms with Crippen molar-refractivity contribution in [2.75, 3.05) is 12.4 Å². The Hall–Kier alpha value is -0.560. The summed E-state index contributed by atoms with van der Waals surface area (Å²) in [5.41, 5.74) is 0. The number of carbonyl (C=O) groups is 1. The lowest BCUT2D eigenvalue weighted by atomic mass is 10.4. The van der Waals surface area contributed by atoms with Crippen molar-refractivity contribution in [1.82, 2.24) is 0 Å². The van der Waals surface area contributed by atoms with Crippen molar-refractivity contribution in [3.8, 4) is 0 Å². The molecule has 1 rings (SSSR count). The van der Waals surface area contributed by atoms with Crippen LogP contribution in [0.5, 0.6) is 0 Å². The van der Waals surface area contributed by atoms with Crippen LogP contribution in [-0.4, -0.2) is 33.5 Å². The number of hydrogen-bond acceptors (Lipinski definition) is 5. The largest absolute Gasteiger partial charge is 0.456 e. The summed E-state index contributed by atoms with van der Waals surface area (Å²) in [7, 11) is -2.96. The average Bonchev–Trinajstić information content (AvgIpc) is 2.30. The van der Waals surface area contributed by atoms with Crippen LogP contribution in [0.25, 0.3) is 0 Å². The van der Waals surface area contributed by atoms with Gasteiger partial charge in [-0.3, -0.25) is 4.18 Å². The summed E-state index contributed by atoms with van der Waals surface area (Å²) < 4.78 is 27.5. The lowest BCUT2D eigenvalue weighted by Crippen LogP contribution is -2.19. The SMILES string of the molecule is CC=CC(=O)OC1COS(O)(O)C1. The molecule has 1 aliphatic heterocycles. The van der Waals surface area contributed by atoms with Crippen LogP contribution in [0.15, 0.2) is 12.2 Å². The number of carbonyl (C=O) groups excluding carboxylic acids is 1. The first-order chi connectivity index (χ1) is 6.03. The molecule has 0 saturated carbocycles. The Labute approximate surface area is 77.9 Å². The molecular weight excluding hydrogens is 196 g/mol. The predicted molar refractivity (Wildman–Crippen MR) is 48.4 cm³/mol. The van der Waals surface area contributed by atoms with Crippen molar-refractivity contribution in [3.63, 3.8) is 0 Å². The van der Waals surface area contributed by atoms with E-state index in [4.69, 9.17) is 13.8 Å². The number of allylic oxidation sites excluding steroid dienone is 1. The maximum absolute atomic E-state index is 10.9. The Morgan fingerprint density at radius 2 is 2.38 bits per heavy atom. The molecule has 0 aromatic carbocycles. The third kappa shape index (κ3) is 3.35. The summed E-state index contributed by atoms with van der Waals surface area (Å²) in [4.78, 5) is 10.9. The zero-order valence-corrected chi connectivity index (χ0v) is 7.99. The zero-order valence-electron chi connectivity index (χ0n) is 7.17. The molecule has 0 bridgehead atoms. The van der Waals surface area contributed by atoms with Crippen LogP contribution >= 0.6 is 10.9 Å². The first kappa shape index (κ1) is 10.5. The van der Waals surface area contributed by atoms with Gasteiger partial charge in [-0.1, -0.05) is 6.08 Å². The second-order valence-corrected chi connectivity index (χ2v) is 4.40. The molecule has 1 aliphatic rings. The molecule has 0 amide bonds. The van der Waals surface area contributed by atoms with Crippen LogP contribution in [0.2, 0.25) is 0 Å². The summed E-state index contributed by atoms with van der Waals surface area (Å²) in [6.07, 6.45) is 2.27. The lowest BCUT2D eigenvalue weighted by molar-refractivity contribution is -0.142. The molecule has 2 N–H and O–H groups in total. The normalized spacial score (nSPS) is 29.0. The van der Waals surface area contributed by atoms with E-state index >= 15 is 0 Å². The minimum Gasteiger partial charge on any atom is -0.456 e. The molecule has 1 heterocycles. The molecule has 0 radical (unpaired) electrons. The van der Waals surface area contributed by atoms with Gasteiger partial charge in [-0.15, -0.1) is 0 Å². The highest BCUT2D eigenvalue weighted by molar-refractivity contribution is 8.20. The van der Waals surface area contributed by atoms with Gasteiger partial charge in [0.1, 0.15) is 12.7 Å². The summed E-state index contributed by atoms with van der Waals surface area (Å²) in [6.45, 7) is 1.74. The number of rotatable bonds is 2. The first-order valence-corrected chi connectivity index (χ1v) is 5.41. The minimum atomic E-state index is -2.96. The fourth-order valence-corrected chi connectivity index (χ4v) is 2.05. The number of esters is 1. The molecule has 5 nitrogen and oxygen atoms in total. The van der Waals surface area contributed by atoms with Crippen molar-refractivity contribution in [1.29, 1.82) is 0 Å². The van der Waals surface area contributed by atoms with Gasteiger partial charge in [-0.2, -0.15) is 0 Å². The van der Waals surface area contributed by atoms with E-state index in [0.717, 1.165) is 0 Å². The monoisotopic (exact) mass is 208 g/mol. The molecule has 0 spiro atoms. The van der Waals surface area contributed by atoms with E-state index in [1.54, 1.807) is 13.0 Å². The van der Waals surface area contributed by atoms with E-state index in [1.165, 1.54) is 6.08 Å².